The molecule has 1 unspecified atom stereocenters. The monoisotopic (exact) mass is 523 g/mol. The van der Waals surface area contributed by atoms with E-state index in [1.54, 1.807) is 0 Å². The van der Waals surface area contributed by atoms with Crippen molar-refractivity contribution in [1.82, 2.24) is 14.5 Å². The van der Waals surface area contributed by atoms with Gasteiger partial charge in [0.25, 0.3) is 0 Å². The molecule has 200 valence electrons. The minimum absolute atomic E-state index is 0.0349. The highest BCUT2D eigenvalue weighted by Crippen LogP contribution is 2.34. The molecule has 1 aromatic rings. The summed E-state index contributed by atoms with van der Waals surface area (Å²) < 4.78 is 32.5. The molecule has 2 amide bonds. The Morgan fingerprint density at radius 3 is 2.56 bits per heavy atom. The zero-order chi connectivity index (χ0) is 25.7. The molecule has 36 heavy (non-hydrogen) atoms. The van der Waals surface area contributed by atoms with E-state index in [-0.39, 0.29) is 36.2 Å². The van der Waals surface area contributed by atoms with Crippen LogP contribution in [-0.4, -0.2) is 107 Å². The number of aliphatic hydroxyl groups excluding tert-OH is 1. The largest absolute Gasteiger partial charge is 0.394 e. The van der Waals surface area contributed by atoms with Crippen LogP contribution in [0.25, 0.3) is 0 Å². The highest BCUT2D eigenvalue weighted by Gasteiger charge is 2.38. The fourth-order valence-electron chi connectivity index (χ4n) is 5.32. The Kier molecular flexibility index (Phi) is 8.96. The van der Waals surface area contributed by atoms with Gasteiger partial charge in [0.1, 0.15) is 6.04 Å². The number of hydrogen-bond acceptors (Lipinski definition) is 8. The van der Waals surface area contributed by atoms with E-state index in [0.29, 0.717) is 11.7 Å². The van der Waals surface area contributed by atoms with Crippen LogP contribution in [0, 0.1) is 0 Å². The number of ether oxygens (including phenoxy) is 1. The third-order valence-electron chi connectivity index (χ3n) is 7.27. The predicted molar refractivity (Wildman–Crippen MR) is 135 cm³/mol. The molecule has 0 bridgehead atoms. The molecule has 12 heteroatoms. The maximum Gasteiger partial charge on any atom is 0.250 e. The summed E-state index contributed by atoms with van der Waals surface area (Å²) in [5, 5.41) is 12.5. The lowest BCUT2D eigenvalue weighted by Gasteiger charge is -2.41. The van der Waals surface area contributed by atoms with Crippen LogP contribution >= 0.6 is 0 Å². The summed E-state index contributed by atoms with van der Waals surface area (Å²) in [5.74, 6) is -0.848. The number of amides is 2. The first-order valence-corrected chi connectivity index (χ1v) is 14.1. The van der Waals surface area contributed by atoms with Crippen molar-refractivity contribution in [3.8, 4) is 0 Å². The molecule has 0 aromatic heterocycles. The molecule has 0 radical (unpaired) electrons. The van der Waals surface area contributed by atoms with Gasteiger partial charge in [-0.1, -0.05) is 6.42 Å². The second-order valence-electron chi connectivity index (χ2n) is 9.62. The van der Waals surface area contributed by atoms with Gasteiger partial charge in [-0.3, -0.25) is 19.4 Å². The third-order valence-corrected chi connectivity index (χ3v) is 8.73. The molecule has 3 N–H and O–H groups in total. The number of carbonyl (C=O) groups is 2. The summed E-state index contributed by atoms with van der Waals surface area (Å²) in [7, 11) is -2.35. The van der Waals surface area contributed by atoms with Crippen LogP contribution in [0.5, 0.6) is 0 Å². The minimum atomic E-state index is -3.82. The SMILES string of the molecule is COCCNS(=O)(=O)c1ccc2c(c1)NC(=O)C(CO)N2C(=O)CN1CCC(N2CCCCC2)CC1. The molecule has 3 aliphatic heterocycles. The standard InChI is InChI=1S/C24H37N5O6S/c1-35-14-9-25-36(33,34)19-5-6-21-20(15-19)26-24(32)22(17-30)29(21)23(31)16-27-12-7-18(8-13-27)28-10-3-2-4-11-28/h5-6,15,18,22,25,30H,2-4,7-14,16-17H2,1H3,(H,26,32). The van der Waals surface area contributed by atoms with Gasteiger partial charge in [-0.15, -0.1) is 0 Å². The van der Waals surface area contributed by atoms with E-state index >= 15 is 0 Å². The van der Waals surface area contributed by atoms with Crippen molar-refractivity contribution in [2.75, 3.05) is 69.8 Å². The van der Waals surface area contributed by atoms with Crippen molar-refractivity contribution in [3.05, 3.63) is 18.2 Å². The summed E-state index contributed by atoms with van der Waals surface area (Å²) in [6.07, 6.45) is 5.82. The van der Waals surface area contributed by atoms with Gasteiger partial charge < -0.3 is 20.1 Å². The van der Waals surface area contributed by atoms with Gasteiger partial charge in [-0.2, -0.15) is 0 Å². The first kappa shape index (κ1) is 27.0. The second-order valence-corrected chi connectivity index (χ2v) is 11.4. The Bertz CT molecular complexity index is 1040. The fourth-order valence-corrected chi connectivity index (χ4v) is 6.36. The van der Waals surface area contributed by atoms with Gasteiger partial charge >= 0.3 is 0 Å². The van der Waals surface area contributed by atoms with Gasteiger partial charge in [-0.25, -0.2) is 13.1 Å². The lowest BCUT2D eigenvalue weighted by molar-refractivity contribution is -0.125. The first-order valence-electron chi connectivity index (χ1n) is 12.7. The molecule has 3 aliphatic rings. The molecule has 3 heterocycles. The summed E-state index contributed by atoms with van der Waals surface area (Å²) in [6, 6.07) is 3.72. The molecule has 0 spiro atoms. The van der Waals surface area contributed by atoms with Crippen LogP contribution < -0.4 is 14.9 Å². The van der Waals surface area contributed by atoms with Crippen LogP contribution in [0.3, 0.4) is 0 Å². The molecule has 2 saturated heterocycles. The van der Waals surface area contributed by atoms with Gasteiger partial charge in [0, 0.05) is 32.8 Å². The maximum absolute atomic E-state index is 13.4. The number of nitrogens with one attached hydrogen (secondary N) is 2. The number of carbonyl (C=O) groups excluding carboxylic acids is 2. The van der Waals surface area contributed by atoms with Crippen molar-refractivity contribution in [2.24, 2.45) is 0 Å². The van der Waals surface area contributed by atoms with E-state index in [1.165, 1.54) is 49.5 Å². The Balaban J connectivity index is 1.46. The Hall–Kier alpha value is -2.09. The summed E-state index contributed by atoms with van der Waals surface area (Å²) in [5.41, 5.74) is 0.592. The average Bonchev–Trinajstić information content (AvgIpc) is 2.88. The zero-order valence-corrected chi connectivity index (χ0v) is 21.6. The predicted octanol–water partition coefficient (Wildman–Crippen LogP) is 0.208. The lowest BCUT2D eigenvalue weighted by atomic mass is 10.00. The molecule has 4 rings (SSSR count). The van der Waals surface area contributed by atoms with Crippen LogP contribution in [0.2, 0.25) is 0 Å². The fraction of sp³-hybridized carbons (Fsp3) is 0.667. The maximum atomic E-state index is 13.4. The zero-order valence-electron chi connectivity index (χ0n) is 20.8. The second kappa shape index (κ2) is 12.0. The number of hydrogen-bond donors (Lipinski definition) is 3. The summed E-state index contributed by atoms with van der Waals surface area (Å²) in [6.45, 7) is 3.83. The Morgan fingerprint density at radius 2 is 1.89 bits per heavy atom. The van der Waals surface area contributed by atoms with Crippen LogP contribution in [-0.2, 0) is 24.3 Å². The highest BCUT2D eigenvalue weighted by atomic mass is 32.2. The quantitative estimate of drug-likeness (QED) is 0.392. The minimum Gasteiger partial charge on any atom is -0.394 e. The summed E-state index contributed by atoms with van der Waals surface area (Å²) >= 11 is 0. The average molecular weight is 524 g/mol. The molecular formula is C24H37N5O6S. The number of rotatable bonds is 9. The highest BCUT2D eigenvalue weighted by molar-refractivity contribution is 7.89. The van der Waals surface area contributed by atoms with Crippen LogP contribution in [0.15, 0.2) is 23.1 Å². The topological polar surface area (TPSA) is 132 Å². The number of aliphatic hydroxyl groups is 1. The molecule has 0 saturated carbocycles. The van der Waals surface area contributed by atoms with Crippen molar-refractivity contribution < 1.29 is 27.9 Å². The molecule has 1 atom stereocenters. The molecule has 2 fully saturated rings. The smallest absolute Gasteiger partial charge is 0.250 e. The van der Waals surface area contributed by atoms with Crippen LogP contribution in [0.4, 0.5) is 11.4 Å². The number of sulfonamides is 1. The van der Waals surface area contributed by atoms with Crippen molar-refractivity contribution >= 4 is 33.2 Å². The van der Waals surface area contributed by atoms with E-state index < -0.39 is 28.6 Å². The van der Waals surface area contributed by atoms with Gasteiger partial charge in [0.15, 0.2) is 0 Å². The normalized spacial score (nSPS) is 22.3. The lowest BCUT2D eigenvalue weighted by Crippen LogP contribution is -2.56. The summed E-state index contributed by atoms with van der Waals surface area (Å²) in [4.78, 5) is 32.1. The number of likely N-dealkylation sites (tertiary alicyclic amines) is 2. The van der Waals surface area contributed by atoms with Crippen molar-refractivity contribution in [1.29, 1.82) is 0 Å². The number of methoxy groups -OCH3 is 1. The molecule has 0 aliphatic carbocycles. The molecule has 1 aromatic carbocycles. The van der Waals surface area contributed by atoms with Gasteiger partial charge in [-0.05, 0) is 57.0 Å². The molecule has 11 nitrogen and oxygen atoms in total. The Labute approximate surface area is 212 Å². The number of piperidine rings is 2. The number of nitrogens with zero attached hydrogens (tertiary/aromatic N) is 3. The van der Waals surface area contributed by atoms with E-state index in [4.69, 9.17) is 4.74 Å². The van der Waals surface area contributed by atoms with Gasteiger partial charge in [0.2, 0.25) is 21.8 Å². The number of anilines is 2. The first-order chi connectivity index (χ1) is 17.3. The van der Waals surface area contributed by atoms with E-state index in [9.17, 15) is 23.1 Å². The Morgan fingerprint density at radius 1 is 1.17 bits per heavy atom. The van der Waals surface area contributed by atoms with E-state index in [1.807, 2.05) is 0 Å². The van der Waals surface area contributed by atoms with E-state index in [2.05, 4.69) is 19.8 Å². The van der Waals surface area contributed by atoms with Crippen LogP contribution in [0.1, 0.15) is 32.1 Å². The van der Waals surface area contributed by atoms with E-state index in [0.717, 1.165) is 39.0 Å². The van der Waals surface area contributed by atoms with Crippen molar-refractivity contribution in [3.63, 3.8) is 0 Å². The van der Waals surface area contributed by atoms with Gasteiger partial charge in [0.05, 0.1) is 36.0 Å². The van der Waals surface area contributed by atoms with Crippen molar-refractivity contribution in [2.45, 2.75) is 49.1 Å². The third kappa shape index (κ3) is 6.06. The molecular weight excluding hydrogens is 486 g/mol. The number of benzene rings is 1. The number of fused-ring (bicyclic) bond motifs is 1.